The molecule has 0 aliphatic carbocycles. The number of nitrogens with two attached hydrogens (primary N) is 1. The molecule has 8 heteroatoms. The number of ether oxygens (including phenoxy) is 2. The van der Waals surface area contributed by atoms with E-state index in [1.165, 1.54) is 6.08 Å². The maximum atomic E-state index is 13.6. The fourth-order valence-electron chi connectivity index (χ4n) is 3.53. The highest BCUT2D eigenvalue weighted by Gasteiger charge is 2.23. The molecule has 0 bridgehead atoms. The van der Waals surface area contributed by atoms with Crippen LogP contribution in [0.3, 0.4) is 0 Å². The van der Waals surface area contributed by atoms with Crippen LogP contribution in [0.1, 0.15) is 72.6 Å². The first-order valence-electron chi connectivity index (χ1n) is 12.0. The minimum absolute atomic E-state index is 0.0545. The molecule has 0 spiro atoms. The van der Waals surface area contributed by atoms with Gasteiger partial charge in [-0.25, -0.2) is 4.79 Å². The van der Waals surface area contributed by atoms with Gasteiger partial charge < -0.3 is 25.1 Å². The number of alkyl carbamates (subject to hydrolysis) is 1. The van der Waals surface area contributed by atoms with Crippen molar-refractivity contribution in [2.45, 2.75) is 80.0 Å². The number of aromatic nitrogens is 1. The highest BCUT2D eigenvalue weighted by atomic mass is 16.6. The largest absolute Gasteiger partial charge is 0.491 e. The van der Waals surface area contributed by atoms with E-state index in [1.54, 1.807) is 49.6 Å². The summed E-state index contributed by atoms with van der Waals surface area (Å²) in [6.45, 7) is 14.5. The van der Waals surface area contributed by atoms with Crippen LogP contribution >= 0.6 is 0 Å². The maximum Gasteiger partial charge on any atom is 0.407 e. The molecule has 0 fully saturated rings. The number of hydrogen-bond acceptors (Lipinski definition) is 5. The average Bonchev–Trinajstić information content (AvgIpc) is 2.72. The fraction of sp³-hybridized carbons (Fsp3) is 0.519. The summed E-state index contributed by atoms with van der Waals surface area (Å²) in [6, 6.07) is 5.30. The summed E-state index contributed by atoms with van der Waals surface area (Å²) in [5.74, 6) is -0.0324. The Morgan fingerprint density at radius 2 is 1.80 bits per heavy atom. The van der Waals surface area contributed by atoms with Crippen LogP contribution in [0.4, 0.5) is 4.79 Å². The summed E-state index contributed by atoms with van der Waals surface area (Å²) in [4.78, 5) is 37.3. The minimum Gasteiger partial charge on any atom is -0.491 e. The molecule has 3 N–H and O–H groups in total. The fourth-order valence-corrected chi connectivity index (χ4v) is 3.53. The van der Waals surface area contributed by atoms with Gasteiger partial charge in [-0.1, -0.05) is 40.2 Å². The van der Waals surface area contributed by atoms with Gasteiger partial charge in [-0.05, 0) is 56.4 Å². The van der Waals surface area contributed by atoms with Crippen molar-refractivity contribution in [3.05, 3.63) is 45.9 Å². The number of primary amides is 1. The number of rotatable bonds is 9. The van der Waals surface area contributed by atoms with Gasteiger partial charge in [-0.3, -0.25) is 9.59 Å². The van der Waals surface area contributed by atoms with Crippen LogP contribution in [-0.4, -0.2) is 28.8 Å². The number of amides is 2. The third-order valence-corrected chi connectivity index (χ3v) is 4.97. The first-order chi connectivity index (χ1) is 16.2. The molecule has 8 nitrogen and oxygen atoms in total. The van der Waals surface area contributed by atoms with Crippen LogP contribution in [0.15, 0.2) is 29.1 Å². The van der Waals surface area contributed by atoms with Gasteiger partial charge in [-0.2, -0.15) is 0 Å². The quantitative estimate of drug-likeness (QED) is 0.393. The third kappa shape index (κ3) is 8.46. The standard InChI is InChI=1S/C27H39N3O5/c1-8-9-14-34-23-20-15-18(11-13-22(28)31)10-12-19(20)24(32)30(17-26(2,3)4)21(23)16-29-25(33)35-27(5,6)7/h10-13,15H,8-9,14,16-17H2,1-7H3,(H2,28,31)(H,29,33). The Hall–Kier alpha value is -3.29. The highest BCUT2D eigenvalue weighted by molar-refractivity contribution is 5.93. The molecule has 0 aliphatic heterocycles. The van der Waals surface area contributed by atoms with Crippen LogP contribution in [0.2, 0.25) is 0 Å². The van der Waals surface area contributed by atoms with E-state index in [9.17, 15) is 14.4 Å². The second-order valence-corrected chi connectivity index (χ2v) is 10.8. The summed E-state index contributed by atoms with van der Waals surface area (Å²) in [6.07, 6.45) is 4.06. The smallest absolute Gasteiger partial charge is 0.407 e. The zero-order valence-electron chi connectivity index (χ0n) is 22.0. The lowest BCUT2D eigenvalue weighted by Crippen LogP contribution is -2.36. The number of carbonyl (C=O) groups is 2. The Bertz CT molecular complexity index is 1150. The number of benzene rings is 1. The number of nitrogens with one attached hydrogen (secondary N) is 1. The van der Waals surface area contributed by atoms with Gasteiger partial charge in [0.1, 0.15) is 11.4 Å². The summed E-state index contributed by atoms with van der Waals surface area (Å²) in [5, 5.41) is 3.90. The number of hydrogen-bond donors (Lipinski definition) is 2. The van der Waals surface area contributed by atoms with E-state index < -0.39 is 17.6 Å². The van der Waals surface area contributed by atoms with Crippen LogP contribution in [-0.2, 0) is 22.6 Å². The summed E-state index contributed by atoms with van der Waals surface area (Å²) in [7, 11) is 0. The maximum absolute atomic E-state index is 13.6. The average molecular weight is 486 g/mol. The molecule has 0 atom stereocenters. The van der Waals surface area contributed by atoms with Crippen molar-refractivity contribution >= 4 is 28.8 Å². The van der Waals surface area contributed by atoms with Crippen molar-refractivity contribution in [2.24, 2.45) is 11.1 Å². The topological polar surface area (TPSA) is 113 Å². The Balaban J connectivity index is 2.73. The van der Waals surface area contributed by atoms with Crippen molar-refractivity contribution in [1.29, 1.82) is 0 Å². The van der Waals surface area contributed by atoms with Crippen molar-refractivity contribution in [1.82, 2.24) is 9.88 Å². The van der Waals surface area contributed by atoms with E-state index >= 15 is 0 Å². The van der Waals surface area contributed by atoms with Gasteiger partial charge in [0.15, 0.2) is 0 Å². The van der Waals surface area contributed by atoms with Crippen molar-refractivity contribution in [2.75, 3.05) is 6.61 Å². The molecule has 0 aliphatic rings. The second kappa shape index (κ2) is 11.4. The van der Waals surface area contributed by atoms with E-state index in [1.807, 2.05) is 20.8 Å². The van der Waals surface area contributed by atoms with E-state index in [4.69, 9.17) is 15.2 Å². The predicted octanol–water partition coefficient (Wildman–Crippen LogP) is 4.75. The minimum atomic E-state index is -0.652. The van der Waals surface area contributed by atoms with Crippen molar-refractivity contribution < 1.29 is 19.1 Å². The molecule has 0 saturated heterocycles. The van der Waals surface area contributed by atoms with E-state index in [0.29, 0.717) is 40.9 Å². The molecule has 0 unspecified atom stereocenters. The molecule has 2 amide bonds. The van der Waals surface area contributed by atoms with Crippen molar-refractivity contribution in [3.8, 4) is 5.75 Å². The molecule has 0 radical (unpaired) electrons. The van der Waals surface area contributed by atoms with E-state index in [0.717, 1.165) is 12.8 Å². The Kier molecular flexibility index (Phi) is 9.12. The van der Waals surface area contributed by atoms with Crippen LogP contribution < -0.4 is 21.3 Å². The molecule has 192 valence electrons. The molecular weight excluding hydrogens is 446 g/mol. The first kappa shape index (κ1) is 28.0. The SMILES string of the molecule is CCCCOc1c(CNC(=O)OC(C)(C)C)n(CC(C)(C)C)c(=O)c2ccc(C=CC(N)=O)cc12. The molecule has 35 heavy (non-hydrogen) atoms. The lowest BCUT2D eigenvalue weighted by molar-refractivity contribution is -0.113. The van der Waals surface area contributed by atoms with Crippen LogP contribution in [0.5, 0.6) is 5.75 Å². The van der Waals surface area contributed by atoms with E-state index in [2.05, 4.69) is 12.2 Å². The molecule has 1 heterocycles. The third-order valence-electron chi connectivity index (χ3n) is 4.97. The Morgan fingerprint density at radius 1 is 1.11 bits per heavy atom. The number of fused-ring (bicyclic) bond motifs is 1. The Morgan fingerprint density at radius 3 is 2.37 bits per heavy atom. The number of nitrogens with zero attached hydrogens (tertiary/aromatic N) is 1. The lowest BCUT2D eigenvalue weighted by atomic mass is 9.96. The molecule has 2 rings (SSSR count). The lowest BCUT2D eigenvalue weighted by Gasteiger charge is -2.26. The van der Waals surface area contributed by atoms with Crippen LogP contribution in [0.25, 0.3) is 16.8 Å². The first-order valence-corrected chi connectivity index (χ1v) is 12.0. The predicted molar refractivity (Wildman–Crippen MR) is 139 cm³/mol. The molecule has 2 aromatic rings. The van der Waals surface area contributed by atoms with Gasteiger partial charge in [0.05, 0.1) is 24.2 Å². The summed E-state index contributed by atoms with van der Waals surface area (Å²) >= 11 is 0. The number of carbonyl (C=O) groups excluding carboxylic acids is 2. The Labute approximate surface area is 207 Å². The number of unbranched alkanes of at least 4 members (excludes halogenated alkanes) is 1. The molecule has 0 saturated carbocycles. The van der Waals surface area contributed by atoms with Gasteiger partial charge in [-0.15, -0.1) is 0 Å². The molecule has 1 aromatic heterocycles. The number of pyridine rings is 1. The monoisotopic (exact) mass is 485 g/mol. The van der Waals surface area contributed by atoms with E-state index in [-0.39, 0.29) is 17.5 Å². The zero-order chi connectivity index (χ0) is 26.4. The normalized spacial score (nSPS) is 12.2. The van der Waals surface area contributed by atoms with Gasteiger partial charge in [0.2, 0.25) is 5.91 Å². The molecular formula is C27H39N3O5. The second-order valence-electron chi connectivity index (χ2n) is 10.8. The van der Waals surface area contributed by atoms with Gasteiger partial charge in [0.25, 0.3) is 5.56 Å². The zero-order valence-corrected chi connectivity index (χ0v) is 22.0. The van der Waals surface area contributed by atoms with Crippen LogP contribution in [0, 0.1) is 5.41 Å². The summed E-state index contributed by atoms with van der Waals surface area (Å²) < 4.78 is 13.3. The summed E-state index contributed by atoms with van der Waals surface area (Å²) in [5.41, 5.74) is 5.48. The molecule has 1 aromatic carbocycles. The van der Waals surface area contributed by atoms with Crippen molar-refractivity contribution in [3.63, 3.8) is 0 Å². The van der Waals surface area contributed by atoms with Gasteiger partial charge in [0, 0.05) is 18.0 Å². The van der Waals surface area contributed by atoms with Gasteiger partial charge >= 0.3 is 6.09 Å². The highest BCUT2D eigenvalue weighted by Crippen LogP contribution is 2.31.